The summed E-state index contributed by atoms with van der Waals surface area (Å²) in [5, 5.41) is 0. The number of ether oxygens (including phenoxy) is 1. The van der Waals surface area contributed by atoms with Crippen LogP contribution in [0.1, 0.15) is 42.9 Å². The summed E-state index contributed by atoms with van der Waals surface area (Å²) in [6, 6.07) is 6.65. The molecule has 1 saturated heterocycles. The number of nitrogens with two attached hydrogens (primary N) is 1. The largest absolute Gasteiger partial charge is 0.492 e. The highest BCUT2D eigenvalue weighted by atomic mass is 16.5. The molecule has 1 aromatic carbocycles. The zero-order chi connectivity index (χ0) is 13.1. The van der Waals surface area contributed by atoms with E-state index in [1.165, 1.54) is 43.5 Å². The molecular weight excluding hydrogens is 236 g/mol. The number of likely N-dealkylation sites (tertiary alicyclic amines) is 1. The highest BCUT2D eigenvalue weighted by molar-refractivity contribution is 5.38. The Bertz CT molecular complexity index is 427. The van der Waals surface area contributed by atoms with Gasteiger partial charge in [-0.3, -0.25) is 4.90 Å². The van der Waals surface area contributed by atoms with Gasteiger partial charge in [-0.2, -0.15) is 0 Å². The van der Waals surface area contributed by atoms with Crippen molar-refractivity contribution in [3.63, 3.8) is 0 Å². The minimum atomic E-state index is 0.224. The van der Waals surface area contributed by atoms with E-state index in [0.29, 0.717) is 0 Å². The summed E-state index contributed by atoms with van der Waals surface area (Å²) in [4.78, 5) is 2.48. The van der Waals surface area contributed by atoms with Gasteiger partial charge in [-0.15, -0.1) is 0 Å². The lowest BCUT2D eigenvalue weighted by molar-refractivity contribution is 0.237. The topological polar surface area (TPSA) is 38.5 Å². The molecule has 1 fully saturated rings. The minimum absolute atomic E-state index is 0.224. The van der Waals surface area contributed by atoms with Crippen molar-refractivity contribution < 1.29 is 4.74 Å². The zero-order valence-corrected chi connectivity index (χ0v) is 11.6. The molecule has 1 aromatic rings. The Balaban J connectivity index is 1.56. The van der Waals surface area contributed by atoms with Crippen molar-refractivity contribution in [1.29, 1.82) is 0 Å². The Kier molecular flexibility index (Phi) is 4.04. The maximum Gasteiger partial charge on any atom is 0.119 e. The van der Waals surface area contributed by atoms with Crippen LogP contribution in [0.15, 0.2) is 18.2 Å². The number of hydrogen-bond acceptors (Lipinski definition) is 3. The lowest BCUT2D eigenvalue weighted by Gasteiger charge is -2.23. The molecular formula is C16H24N2O. The standard InChI is InChI=1S/C16H24N2O/c17-16-5-3-4-13-12-14(6-7-15(13)16)19-11-10-18-8-1-2-9-18/h6-7,12,16H,1-5,8-11,17H2. The third kappa shape index (κ3) is 3.10. The lowest BCUT2D eigenvalue weighted by atomic mass is 9.88. The Labute approximate surface area is 115 Å². The van der Waals surface area contributed by atoms with Crippen molar-refractivity contribution in [2.24, 2.45) is 5.73 Å². The maximum atomic E-state index is 6.13. The molecule has 19 heavy (non-hydrogen) atoms. The first kappa shape index (κ1) is 12.9. The zero-order valence-electron chi connectivity index (χ0n) is 11.6. The van der Waals surface area contributed by atoms with Crippen molar-refractivity contribution >= 4 is 0 Å². The summed E-state index contributed by atoms with van der Waals surface area (Å²) >= 11 is 0. The van der Waals surface area contributed by atoms with E-state index in [2.05, 4.69) is 23.1 Å². The van der Waals surface area contributed by atoms with E-state index >= 15 is 0 Å². The first-order valence-corrected chi connectivity index (χ1v) is 7.56. The van der Waals surface area contributed by atoms with E-state index in [1.807, 2.05) is 0 Å². The average molecular weight is 260 g/mol. The smallest absolute Gasteiger partial charge is 0.119 e. The van der Waals surface area contributed by atoms with E-state index in [9.17, 15) is 0 Å². The van der Waals surface area contributed by atoms with Crippen molar-refractivity contribution in [2.75, 3.05) is 26.2 Å². The van der Waals surface area contributed by atoms with Crippen molar-refractivity contribution in [2.45, 2.75) is 38.1 Å². The van der Waals surface area contributed by atoms with Crippen LogP contribution in [0.2, 0.25) is 0 Å². The van der Waals surface area contributed by atoms with E-state index < -0.39 is 0 Å². The van der Waals surface area contributed by atoms with Gasteiger partial charge in [0.25, 0.3) is 0 Å². The quantitative estimate of drug-likeness (QED) is 0.904. The Morgan fingerprint density at radius 3 is 2.89 bits per heavy atom. The van der Waals surface area contributed by atoms with E-state index in [-0.39, 0.29) is 6.04 Å². The first-order chi connectivity index (χ1) is 9.33. The van der Waals surface area contributed by atoms with Gasteiger partial charge in [0.05, 0.1) is 0 Å². The maximum absolute atomic E-state index is 6.13. The fourth-order valence-electron chi connectivity index (χ4n) is 3.22. The molecule has 104 valence electrons. The van der Waals surface area contributed by atoms with Crippen LogP contribution in [0.5, 0.6) is 5.75 Å². The van der Waals surface area contributed by atoms with Gasteiger partial charge in [0.15, 0.2) is 0 Å². The number of rotatable bonds is 4. The predicted molar refractivity (Wildman–Crippen MR) is 77.5 cm³/mol. The Morgan fingerprint density at radius 2 is 2.05 bits per heavy atom. The molecule has 0 amide bonds. The molecule has 2 aliphatic rings. The molecule has 2 N–H and O–H groups in total. The lowest BCUT2D eigenvalue weighted by Crippen LogP contribution is -2.25. The minimum Gasteiger partial charge on any atom is -0.492 e. The van der Waals surface area contributed by atoms with Crippen LogP contribution in [0.25, 0.3) is 0 Å². The highest BCUT2D eigenvalue weighted by Crippen LogP contribution is 2.30. The summed E-state index contributed by atoms with van der Waals surface area (Å²) in [6.07, 6.45) is 6.15. The van der Waals surface area contributed by atoms with Gasteiger partial charge in [-0.05, 0) is 68.5 Å². The summed E-state index contributed by atoms with van der Waals surface area (Å²) in [7, 11) is 0. The first-order valence-electron chi connectivity index (χ1n) is 7.56. The van der Waals surface area contributed by atoms with Gasteiger partial charge in [-0.25, -0.2) is 0 Å². The average Bonchev–Trinajstić information content (AvgIpc) is 2.92. The molecule has 0 aromatic heterocycles. The van der Waals surface area contributed by atoms with Crippen molar-refractivity contribution in [1.82, 2.24) is 4.90 Å². The molecule has 1 heterocycles. The third-order valence-electron chi connectivity index (χ3n) is 4.35. The van der Waals surface area contributed by atoms with Gasteiger partial charge in [0.1, 0.15) is 12.4 Å². The number of benzene rings is 1. The van der Waals surface area contributed by atoms with Gasteiger partial charge in [-0.1, -0.05) is 6.07 Å². The molecule has 3 nitrogen and oxygen atoms in total. The highest BCUT2D eigenvalue weighted by Gasteiger charge is 2.17. The second-order valence-corrected chi connectivity index (χ2v) is 5.76. The van der Waals surface area contributed by atoms with Gasteiger partial charge in [0.2, 0.25) is 0 Å². The van der Waals surface area contributed by atoms with E-state index in [0.717, 1.165) is 31.7 Å². The second kappa shape index (κ2) is 5.93. The number of aryl methyl sites for hydroxylation is 1. The van der Waals surface area contributed by atoms with Crippen LogP contribution >= 0.6 is 0 Å². The molecule has 0 bridgehead atoms. The Morgan fingerprint density at radius 1 is 1.21 bits per heavy atom. The fourth-order valence-corrected chi connectivity index (χ4v) is 3.22. The summed E-state index contributed by atoms with van der Waals surface area (Å²) < 4.78 is 5.89. The van der Waals surface area contributed by atoms with Crippen LogP contribution in [0.4, 0.5) is 0 Å². The predicted octanol–water partition coefficient (Wildman–Crippen LogP) is 2.50. The van der Waals surface area contributed by atoms with E-state index in [4.69, 9.17) is 10.5 Å². The Hall–Kier alpha value is -1.06. The van der Waals surface area contributed by atoms with Gasteiger partial charge < -0.3 is 10.5 Å². The molecule has 0 radical (unpaired) electrons. The molecule has 3 rings (SSSR count). The molecule has 0 spiro atoms. The summed E-state index contributed by atoms with van der Waals surface area (Å²) in [5.74, 6) is 1.01. The fraction of sp³-hybridized carbons (Fsp3) is 0.625. The normalized spacial score (nSPS) is 23.3. The summed E-state index contributed by atoms with van der Waals surface area (Å²) in [5.41, 5.74) is 8.84. The van der Waals surface area contributed by atoms with Crippen molar-refractivity contribution in [3.05, 3.63) is 29.3 Å². The number of fused-ring (bicyclic) bond motifs is 1. The van der Waals surface area contributed by atoms with Gasteiger partial charge >= 0.3 is 0 Å². The second-order valence-electron chi connectivity index (χ2n) is 5.76. The SMILES string of the molecule is NC1CCCc2cc(OCCN3CCCC3)ccc21. The molecule has 1 aliphatic carbocycles. The number of nitrogens with zero attached hydrogens (tertiary/aromatic N) is 1. The van der Waals surface area contributed by atoms with Crippen molar-refractivity contribution in [3.8, 4) is 5.75 Å². The summed E-state index contributed by atoms with van der Waals surface area (Å²) in [6.45, 7) is 4.33. The van der Waals surface area contributed by atoms with Crippen LogP contribution in [-0.2, 0) is 6.42 Å². The number of hydrogen-bond donors (Lipinski definition) is 1. The van der Waals surface area contributed by atoms with Crippen LogP contribution < -0.4 is 10.5 Å². The van der Waals surface area contributed by atoms with Crippen LogP contribution in [-0.4, -0.2) is 31.1 Å². The molecule has 1 unspecified atom stereocenters. The molecule has 1 aliphatic heterocycles. The third-order valence-corrected chi connectivity index (χ3v) is 4.35. The monoisotopic (exact) mass is 260 g/mol. The van der Waals surface area contributed by atoms with E-state index in [1.54, 1.807) is 0 Å². The molecule has 1 atom stereocenters. The van der Waals surface area contributed by atoms with Gasteiger partial charge in [0, 0.05) is 12.6 Å². The van der Waals surface area contributed by atoms with Crippen LogP contribution in [0, 0.1) is 0 Å². The van der Waals surface area contributed by atoms with Crippen LogP contribution in [0.3, 0.4) is 0 Å². The molecule has 3 heteroatoms. The molecule has 0 saturated carbocycles.